The summed E-state index contributed by atoms with van der Waals surface area (Å²) in [6.45, 7) is 12.9. The van der Waals surface area contributed by atoms with Crippen molar-refractivity contribution in [1.29, 1.82) is 0 Å². The smallest absolute Gasteiger partial charge is 0.309 e. The van der Waals surface area contributed by atoms with Gasteiger partial charge in [-0.25, -0.2) is 0 Å². The molecular weight excluding hydrogens is 497 g/mol. The third-order valence-corrected chi connectivity index (χ3v) is 7.67. The van der Waals surface area contributed by atoms with Crippen molar-refractivity contribution in [3.05, 3.63) is 23.1 Å². The molecule has 0 bridgehead atoms. The maximum Gasteiger partial charge on any atom is 0.309 e. The number of aliphatic hydroxyl groups excluding tert-OH is 2. The highest BCUT2D eigenvalue weighted by Crippen LogP contribution is 2.30. The predicted octanol–water partition coefficient (Wildman–Crippen LogP) is 4.95. The Morgan fingerprint density at radius 2 is 1.83 bits per heavy atom. The molecular formula is C27H48NO6PS. The molecule has 0 fully saturated rings. The molecule has 0 heterocycles. The number of aliphatic hydroxyl groups is 2. The molecule has 0 aromatic heterocycles. The van der Waals surface area contributed by atoms with E-state index in [0.717, 1.165) is 23.5 Å². The van der Waals surface area contributed by atoms with Gasteiger partial charge < -0.3 is 19.7 Å². The number of nitrogens with zero attached hydrogens (tertiary/aromatic N) is 1. The van der Waals surface area contributed by atoms with E-state index in [1.165, 1.54) is 18.7 Å². The van der Waals surface area contributed by atoms with Crippen LogP contribution < -0.4 is 0 Å². The Balaban J connectivity index is 5.54. The van der Waals surface area contributed by atoms with Crippen molar-refractivity contribution in [3.63, 3.8) is 0 Å². The number of esters is 1. The number of ketones is 1. The van der Waals surface area contributed by atoms with Crippen LogP contribution in [0.2, 0.25) is 0 Å². The van der Waals surface area contributed by atoms with Gasteiger partial charge in [0.05, 0.1) is 35.2 Å². The summed E-state index contributed by atoms with van der Waals surface area (Å²) in [7, 11) is 4.43. The topological polar surface area (TPSA) is 105 Å². The van der Waals surface area contributed by atoms with Crippen molar-refractivity contribution in [3.8, 4) is 0 Å². The number of hydrogen-bond acceptors (Lipinski definition) is 8. The highest BCUT2D eigenvalue weighted by Gasteiger charge is 2.40. The summed E-state index contributed by atoms with van der Waals surface area (Å²) in [5.74, 6) is -1.54. The number of rotatable bonds is 17. The maximum absolute atomic E-state index is 12.9. The van der Waals surface area contributed by atoms with Gasteiger partial charge in [0.25, 0.3) is 0 Å². The molecule has 208 valence electrons. The van der Waals surface area contributed by atoms with Crippen LogP contribution in [-0.2, 0) is 19.1 Å². The minimum Gasteiger partial charge on any atom is -0.458 e. The molecule has 6 atom stereocenters. The van der Waals surface area contributed by atoms with Crippen molar-refractivity contribution in [2.45, 2.75) is 98.6 Å². The van der Waals surface area contributed by atoms with Crippen LogP contribution in [0.1, 0.15) is 74.1 Å². The van der Waals surface area contributed by atoms with Crippen LogP contribution in [0.5, 0.6) is 0 Å². The zero-order chi connectivity index (χ0) is 27.9. The summed E-state index contributed by atoms with van der Waals surface area (Å²) >= 11 is 1.50. The average molecular weight is 546 g/mol. The highest BCUT2D eigenvalue weighted by atomic mass is 32.2. The number of carbonyl (C=O) groups excluding carboxylic acids is 2. The lowest BCUT2D eigenvalue weighted by atomic mass is 9.75. The van der Waals surface area contributed by atoms with E-state index in [0.29, 0.717) is 19.2 Å². The SMILES string of the molecule is CCCCO[C@H](CP)C[C@H](OC(=O)C[C@H](O)C(C)(C)C(=O)[C@H](C)[C@H](C)O)/C(C)=C/C=C/S/C(C)=N\C. The number of thioether (sulfide) groups is 1. The molecule has 0 rings (SSSR count). The minimum atomic E-state index is -1.24. The quantitative estimate of drug-likeness (QED) is 0.0665. The molecule has 36 heavy (non-hydrogen) atoms. The van der Waals surface area contributed by atoms with Crippen LogP contribution in [0.4, 0.5) is 0 Å². The fraction of sp³-hybridized carbons (Fsp3) is 0.741. The Kier molecular flexibility index (Phi) is 17.7. The molecule has 2 N–H and O–H groups in total. The molecule has 9 heteroatoms. The standard InChI is InChI=1S/C27H48NO6PS/c1-9-10-13-33-22(17-35)15-23(18(2)12-11-14-36-21(5)28-8)34-25(31)16-24(30)27(6,7)26(32)19(3)20(4)29/h11-12,14,19-20,22-24,29-30H,9-10,13,15-17,35H2,1-8H3/b14-11+,18-12+,28-21-/t19-,20+,22+,23+,24+/m1/s1. The molecule has 0 aliphatic carbocycles. The molecule has 1 unspecified atom stereocenters. The third kappa shape index (κ3) is 13.0. The summed E-state index contributed by atoms with van der Waals surface area (Å²) in [5.41, 5.74) is -0.360. The van der Waals surface area contributed by atoms with Crippen LogP contribution in [0.3, 0.4) is 0 Å². The molecule has 7 nitrogen and oxygen atoms in total. The first-order chi connectivity index (χ1) is 16.8. The second kappa shape index (κ2) is 18.2. The Hall–Kier alpha value is -1.05. The molecule has 0 amide bonds. The number of carbonyl (C=O) groups is 2. The van der Waals surface area contributed by atoms with E-state index < -0.39 is 35.6 Å². The van der Waals surface area contributed by atoms with Crippen molar-refractivity contribution in [1.82, 2.24) is 0 Å². The molecule has 0 aromatic rings. The Morgan fingerprint density at radius 1 is 1.19 bits per heavy atom. The van der Waals surface area contributed by atoms with Crippen molar-refractivity contribution < 1.29 is 29.3 Å². The molecule has 0 aliphatic heterocycles. The van der Waals surface area contributed by atoms with Gasteiger partial charge in [0.2, 0.25) is 0 Å². The van der Waals surface area contributed by atoms with Gasteiger partial charge >= 0.3 is 5.97 Å². The van der Waals surface area contributed by atoms with Gasteiger partial charge in [-0.3, -0.25) is 14.6 Å². The van der Waals surface area contributed by atoms with Crippen LogP contribution >= 0.6 is 21.0 Å². The molecule has 0 radical (unpaired) electrons. The first-order valence-corrected chi connectivity index (χ1v) is 14.4. The molecule has 0 saturated heterocycles. The van der Waals surface area contributed by atoms with E-state index in [4.69, 9.17) is 9.47 Å². The predicted molar refractivity (Wildman–Crippen MR) is 153 cm³/mol. The number of ether oxygens (including phenoxy) is 2. The summed E-state index contributed by atoms with van der Waals surface area (Å²) < 4.78 is 11.8. The van der Waals surface area contributed by atoms with Gasteiger partial charge in [-0.05, 0) is 44.3 Å². The van der Waals surface area contributed by atoms with E-state index in [2.05, 4.69) is 21.2 Å². The number of Topliss-reactive ketones (excluding diaryl/α,β-unsaturated/α-hetero) is 1. The van der Waals surface area contributed by atoms with E-state index >= 15 is 0 Å². The fourth-order valence-corrected chi connectivity index (χ4v) is 4.06. The Bertz CT molecular complexity index is 765. The highest BCUT2D eigenvalue weighted by molar-refractivity contribution is 8.16. The fourth-order valence-electron chi connectivity index (χ4n) is 3.27. The van der Waals surface area contributed by atoms with Crippen molar-refractivity contribution in [2.24, 2.45) is 16.3 Å². The normalized spacial score (nSPS) is 17.5. The zero-order valence-corrected chi connectivity index (χ0v) is 25.3. The lowest BCUT2D eigenvalue weighted by Gasteiger charge is -2.32. The van der Waals surface area contributed by atoms with E-state index in [1.807, 2.05) is 31.4 Å². The Morgan fingerprint density at radius 3 is 2.36 bits per heavy atom. The minimum absolute atomic E-state index is 0.106. The summed E-state index contributed by atoms with van der Waals surface area (Å²) in [4.78, 5) is 29.7. The molecule has 0 aliphatic rings. The number of unbranched alkanes of at least 4 members (excludes halogenated alkanes) is 1. The van der Waals surface area contributed by atoms with Crippen LogP contribution in [0.15, 0.2) is 28.1 Å². The van der Waals surface area contributed by atoms with Crippen LogP contribution in [-0.4, -0.2) is 71.2 Å². The van der Waals surface area contributed by atoms with E-state index in [1.54, 1.807) is 27.8 Å². The van der Waals surface area contributed by atoms with Gasteiger partial charge in [0, 0.05) is 26.0 Å². The van der Waals surface area contributed by atoms with Gasteiger partial charge in [-0.15, -0.1) is 9.24 Å². The van der Waals surface area contributed by atoms with Crippen molar-refractivity contribution >= 4 is 37.8 Å². The monoisotopic (exact) mass is 545 g/mol. The third-order valence-electron chi connectivity index (χ3n) is 6.33. The maximum atomic E-state index is 12.9. The van der Waals surface area contributed by atoms with Gasteiger partial charge in [-0.2, -0.15) is 0 Å². The summed E-state index contributed by atoms with van der Waals surface area (Å²) in [6, 6.07) is 0. The lowest BCUT2D eigenvalue weighted by Crippen LogP contribution is -2.44. The van der Waals surface area contributed by atoms with Crippen molar-refractivity contribution in [2.75, 3.05) is 19.8 Å². The summed E-state index contributed by atoms with van der Waals surface area (Å²) in [6.07, 6.45) is 3.90. The average Bonchev–Trinajstić information content (AvgIpc) is 2.83. The first kappa shape index (κ1) is 35.0. The van der Waals surface area contributed by atoms with E-state index in [9.17, 15) is 19.8 Å². The molecule has 0 spiro atoms. The van der Waals surface area contributed by atoms with Gasteiger partial charge in [-0.1, -0.05) is 58.0 Å². The van der Waals surface area contributed by atoms with Gasteiger partial charge in [0.1, 0.15) is 11.9 Å². The largest absolute Gasteiger partial charge is 0.458 e. The lowest BCUT2D eigenvalue weighted by molar-refractivity contribution is -0.155. The molecule has 0 saturated carbocycles. The zero-order valence-electron chi connectivity index (χ0n) is 23.3. The Labute approximate surface area is 224 Å². The number of allylic oxidation sites excluding steroid dienone is 2. The number of hydrogen-bond donors (Lipinski definition) is 2. The first-order valence-electron chi connectivity index (χ1n) is 12.7. The number of aliphatic imine (C=N–C) groups is 1. The second-order valence-corrected chi connectivity index (χ2v) is 11.3. The second-order valence-electron chi connectivity index (χ2n) is 9.73. The summed E-state index contributed by atoms with van der Waals surface area (Å²) in [5, 5.41) is 23.4. The van der Waals surface area contributed by atoms with E-state index in [-0.39, 0.29) is 18.3 Å². The van der Waals surface area contributed by atoms with Crippen LogP contribution in [0.25, 0.3) is 0 Å². The van der Waals surface area contributed by atoms with Crippen LogP contribution in [0, 0.1) is 11.3 Å². The van der Waals surface area contributed by atoms with Gasteiger partial charge in [0.15, 0.2) is 0 Å². The molecule has 0 aromatic carbocycles.